The third-order valence-electron chi connectivity index (χ3n) is 2.91. The van der Waals surface area contributed by atoms with Gasteiger partial charge in [-0.2, -0.15) is 0 Å². The number of nitrogens with one attached hydrogen (secondary N) is 2. The van der Waals surface area contributed by atoms with E-state index in [1.807, 2.05) is 0 Å². The highest BCUT2D eigenvalue weighted by molar-refractivity contribution is 7.89. The Labute approximate surface area is 131 Å². The molecule has 0 heterocycles. The van der Waals surface area contributed by atoms with Crippen LogP contribution in [0.25, 0.3) is 0 Å². The highest BCUT2D eigenvalue weighted by atomic mass is 32.2. The Morgan fingerprint density at radius 2 is 1.91 bits per heavy atom. The minimum atomic E-state index is -3.78. The minimum Gasteiger partial charge on any atom is -0.465 e. The van der Waals surface area contributed by atoms with Gasteiger partial charge in [-0.05, 0) is 19.1 Å². The predicted octanol–water partition coefficient (Wildman–Crippen LogP) is 0.296. The van der Waals surface area contributed by atoms with E-state index >= 15 is 0 Å². The summed E-state index contributed by atoms with van der Waals surface area (Å²) in [7, 11) is -0.968. The molecule has 22 heavy (non-hydrogen) atoms. The highest BCUT2D eigenvalue weighted by Crippen LogP contribution is 2.18. The molecule has 0 aromatic heterocycles. The summed E-state index contributed by atoms with van der Waals surface area (Å²) in [5, 5.41) is 3.02. The number of ether oxygens (including phenoxy) is 2. The van der Waals surface area contributed by atoms with E-state index in [0.717, 1.165) is 5.56 Å². The van der Waals surface area contributed by atoms with E-state index in [9.17, 15) is 13.2 Å². The molecular weight excluding hydrogens is 308 g/mol. The van der Waals surface area contributed by atoms with E-state index in [1.54, 1.807) is 20.1 Å². The van der Waals surface area contributed by atoms with Gasteiger partial charge in [-0.1, -0.05) is 11.6 Å². The van der Waals surface area contributed by atoms with E-state index in [0.29, 0.717) is 19.7 Å². The van der Waals surface area contributed by atoms with Gasteiger partial charge in [0.1, 0.15) is 0 Å². The second-order valence-electron chi connectivity index (χ2n) is 4.63. The molecule has 0 atom stereocenters. The number of aryl methyl sites for hydroxylation is 1. The van der Waals surface area contributed by atoms with Gasteiger partial charge in [0.05, 0.1) is 24.2 Å². The molecule has 8 heteroatoms. The lowest BCUT2D eigenvalue weighted by Gasteiger charge is -2.11. The van der Waals surface area contributed by atoms with Crippen molar-refractivity contribution in [2.24, 2.45) is 0 Å². The predicted molar refractivity (Wildman–Crippen MR) is 82.5 cm³/mol. The summed E-state index contributed by atoms with van der Waals surface area (Å²) < 4.78 is 36.6. The van der Waals surface area contributed by atoms with E-state index in [1.165, 1.54) is 19.2 Å². The van der Waals surface area contributed by atoms with Crippen molar-refractivity contribution >= 4 is 16.0 Å². The average molecular weight is 330 g/mol. The molecule has 0 spiro atoms. The van der Waals surface area contributed by atoms with Crippen LogP contribution in [0.3, 0.4) is 0 Å². The first-order valence-electron chi connectivity index (χ1n) is 6.80. The van der Waals surface area contributed by atoms with Crippen LogP contribution in [0.5, 0.6) is 0 Å². The number of rotatable bonds is 9. The molecule has 2 N–H and O–H groups in total. The van der Waals surface area contributed by atoms with Crippen LogP contribution in [0.1, 0.15) is 15.9 Å². The number of esters is 1. The second kappa shape index (κ2) is 8.84. The summed E-state index contributed by atoms with van der Waals surface area (Å²) >= 11 is 0. The van der Waals surface area contributed by atoms with Gasteiger partial charge in [-0.15, -0.1) is 0 Å². The fourth-order valence-electron chi connectivity index (χ4n) is 1.80. The second-order valence-corrected chi connectivity index (χ2v) is 6.37. The molecule has 0 amide bonds. The van der Waals surface area contributed by atoms with Crippen molar-refractivity contribution in [1.82, 2.24) is 10.0 Å². The zero-order chi connectivity index (χ0) is 16.6. The lowest BCUT2D eigenvalue weighted by molar-refractivity contribution is 0.0596. The third-order valence-corrected chi connectivity index (χ3v) is 4.43. The van der Waals surface area contributed by atoms with E-state index in [4.69, 9.17) is 4.74 Å². The highest BCUT2D eigenvalue weighted by Gasteiger charge is 2.22. The Bertz CT molecular complexity index is 601. The number of hydrogen-bond acceptors (Lipinski definition) is 6. The Balaban J connectivity index is 2.78. The smallest absolute Gasteiger partial charge is 0.339 e. The van der Waals surface area contributed by atoms with Crippen LogP contribution in [0.2, 0.25) is 0 Å². The van der Waals surface area contributed by atoms with Crippen LogP contribution >= 0.6 is 0 Å². The normalized spacial score (nSPS) is 11.4. The zero-order valence-electron chi connectivity index (χ0n) is 13.0. The first-order chi connectivity index (χ1) is 10.4. The first-order valence-corrected chi connectivity index (χ1v) is 8.29. The number of carbonyl (C=O) groups is 1. The van der Waals surface area contributed by atoms with E-state index in [-0.39, 0.29) is 17.0 Å². The molecule has 0 aliphatic rings. The number of benzene rings is 1. The van der Waals surface area contributed by atoms with Crippen LogP contribution in [0.4, 0.5) is 0 Å². The van der Waals surface area contributed by atoms with Gasteiger partial charge < -0.3 is 14.8 Å². The van der Waals surface area contributed by atoms with Crippen molar-refractivity contribution in [2.45, 2.75) is 11.8 Å². The zero-order valence-corrected chi connectivity index (χ0v) is 13.8. The molecule has 1 aromatic rings. The van der Waals surface area contributed by atoms with Crippen molar-refractivity contribution < 1.29 is 22.7 Å². The quantitative estimate of drug-likeness (QED) is 0.499. The monoisotopic (exact) mass is 330 g/mol. The maximum Gasteiger partial charge on any atom is 0.339 e. The molecule has 7 nitrogen and oxygen atoms in total. The van der Waals surface area contributed by atoms with Crippen molar-refractivity contribution in [3.05, 3.63) is 29.3 Å². The molecule has 0 radical (unpaired) electrons. The van der Waals surface area contributed by atoms with Gasteiger partial charge in [0.15, 0.2) is 0 Å². The van der Waals surface area contributed by atoms with Gasteiger partial charge in [0, 0.05) is 26.7 Å². The summed E-state index contributed by atoms with van der Waals surface area (Å²) in [5.41, 5.74) is 0.808. The lowest BCUT2D eigenvalue weighted by Crippen LogP contribution is -2.33. The van der Waals surface area contributed by atoms with Crippen LogP contribution in [0.15, 0.2) is 23.1 Å². The van der Waals surface area contributed by atoms with Gasteiger partial charge in [-0.3, -0.25) is 0 Å². The number of carbonyl (C=O) groups excluding carboxylic acids is 1. The van der Waals surface area contributed by atoms with E-state index < -0.39 is 16.0 Å². The molecule has 0 aliphatic carbocycles. The van der Waals surface area contributed by atoms with Crippen LogP contribution in [0, 0.1) is 6.92 Å². The maximum atomic E-state index is 12.3. The molecule has 0 bridgehead atoms. The molecular formula is C14H22N2O5S. The van der Waals surface area contributed by atoms with Crippen LogP contribution in [-0.4, -0.2) is 54.8 Å². The maximum absolute atomic E-state index is 12.3. The van der Waals surface area contributed by atoms with Gasteiger partial charge >= 0.3 is 5.97 Å². The van der Waals surface area contributed by atoms with Crippen molar-refractivity contribution in [3.8, 4) is 0 Å². The van der Waals surface area contributed by atoms with Crippen LogP contribution in [-0.2, 0) is 19.5 Å². The molecule has 0 saturated carbocycles. The first kappa shape index (κ1) is 18.6. The Morgan fingerprint density at radius 1 is 1.18 bits per heavy atom. The number of hydrogen-bond donors (Lipinski definition) is 2. The van der Waals surface area contributed by atoms with Gasteiger partial charge in [0.2, 0.25) is 10.0 Å². The Kier molecular flexibility index (Phi) is 7.46. The molecule has 0 fully saturated rings. The summed E-state index contributed by atoms with van der Waals surface area (Å²) in [5.74, 6) is -0.678. The molecule has 124 valence electrons. The summed E-state index contributed by atoms with van der Waals surface area (Å²) in [6.07, 6.45) is 0. The van der Waals surface area contributed by atoms with Crippen molar-refractivity contribution in [2.75, 3.05) is 40.5 Å². The lowest BCUT2D eigenvalue weighted by atomic mass is 10.1. The fourth-order valence-corrected chi connectivity index (χ4v) is 3.00. The standard InChI is InChI=1S/C14H22N2O5S/c1-11-4-5-13(12(10-11)14(17)21-3)22(18,19)16-7-6-15-8-9-20-2/h4-5,10,15-16H,6-9H2,1-3H3. The van der Waals surface area contributed by atoms with Crippen molar-refractivity contribution in [3.63, 3.8) is 0 Å². The minimum absolute atomic E-state index is 0.0299. The summed E-state index contributed by atoms with van der Waals surface area (Å²) in [6.45, 7) is 3.63. The number of sulfonamides is 1. The molecule has 0 aliphatic heterocycles. The summed E-state index contributed by atoms with van der Waals surface area (Å²) in [4.78, 5) is 11.7. The fraction of sp³-hybridized carbons (Fsp3) is 0.500. The molecule has 0 unspecified atom stereocenters. The summed E-state index contributed by atoms with van der Waals surface area (Å²) in [6, 6.07) is 4.54. The Morgan fingerprint density at radius 3 is 2.55 bits per heavy atom. The third kappa shape index (κ3) is 5.38. The Hall–Kier alpha value is -1.48. The largest absolute Gasteiger partial charge is 0.465 e. The van der Waals surface area contributed by atoms with Crippen LogP contribution < -0.4 is 10.0 Å². The van der Waals surface area contributed by atoms with E-state index in [2.05, 4.69) is 14.8 Å². The topological polar surface area (TPSA) is 93.7 Å². The molecule has 1 aromatic carbocycles. The van der Waals surface area contributed by atoms with Crippen molar-refractivity contribution in [1.29, 1.82) is 0 Å². The van der Waals surface area contributed by atoms with Gasteiger partial charge in [0.25, 0.3) is 0 Å². The molecule has 0 saturated heterocycles. The number of methoxy groups -OCH3 is 2. The SMILES string of the molecule is COCCNCCNS(=O)(=O)c1ccc(C)cc1C(=O)OC. The molecule has 1 rings (SSSR count). The van der Waals surface area contributed by atoms with Gasteiger partial charge in [-0.25, -0.2) is 17.9 Å². The average Bonchev–Trinajstić information content (AvgIpc) is 2.49.